The van der Waals surface area contributed by atoms with E-state index in [4.69, 9.17) is 26.4 Å². The van der Waals surface area contributed by atoms with Gasteiger partial charge in [0.2, 0.25) is 0 Å². The summed E-state index contributed by atoms with van der Waals surface area (Å²) in [7, 11) is 1.58. The topological polar surface area (TPSA) is 60.0 Å². The second-order valence-electron chi connectivity index (χ2n) is 7.38. The van der Waals surface area contributed by atoms with Gasteiger partial charge < -0.3 is 19.5 Å². The van der Waals surface area contributed by atoms with Crippen molar-refractivity contribution in [1.29, 1.82) is 0 Å². The summed E-state index contributed by atoms with van der Waals surface area (Å²) in [6.07, 6.45) is 1.71. The van der Waals surface area contributed by atoms with Gasteiger partial charge in [0, 0.05) is 0 Å². The number of halogens is 1. The van der Waals surface area contributed by atoms with Gasteiger partial charge in [-0.2, -0.15) is 0 Å². The van der Waals surface area contributed by atoms with Gasteiger partial charge in [-0.3, -0.25) is 9.69 Å². The molecule has 0 aliphatic carbocycles. The molecule has 1 aliphatic rings. The average Bonchev–Trinajstić information content (AvgIpc) is 3.12. The normalized spacial score (nSPS) is 14.3. The zero-order valence-electron chi connectivity index (χ0n) is 18.7. The molecule has 0 radical (unpaired) electrons. The van der Waals surface area contributed by atoms with Crippen LogP contribution in [0.5, 0.6) is 17.2 Å². The number of nitrogens with one attached hydrogen (secondary N) is 1. The Bertz CT molecular complexity index is 1230. The highest BCUT2D eigenvalue weighted by molar-refractivity contribution is 7.80. The molecular weight excluding hydrogens is 455 g/mol. The van der Waals surface area contributed by atoms with Crippen molar-refractivity contribution < 1.29 is 23.4 Å². The molecule has 8 heteroatoms. The van der Waals surface area contributed by atoms with Crippen LogP contribution < -0.4 is 24.4 Å². The maximum absolute atomic E-state index is 13.1. The maximum Gasteiger partial charge on any atom is 0.281 e. The molecule has 4 rings (SSSR count). The quantitative estimate of drug-likeness (QED) is 0.360. The summed E-state index contributed by atoms with van der Waals surface area (Å²) >= 11 is 5.38. The summed E-state index contributed by atoms with van der Waals surface area (Å²) in [5.41, 5.74) is 2.57. The number of carbonyl (C=O) groups is 1. The zero-order chi connectivity index (χ0) is 24.1. The first-order valence-corrected chi connectivity index (χ1v) is 11.0. The molecule has 1 heterocycles. The number of ether oxygens (including phenoxy) is 3. The lowest BCUT2D eigenvalue weighted by Gasteiger charge is -2.14. The minimum absolute atomic E-state index is 0.259. The number of thiocarbonyl (C=S) groups is 1. The molecule has 0 saturated carbocycles. The van der Waals surface area contributed by atoms with Crippen molar-refractivity contribution >= 4 is 35.0 Å². The number of benzene rings is 3. The second kappa shape index (κ2) is 10.4. The molecule has 0 aromatic heterocycles. The first kappa shape index (κ1) is 23.3. The van der Waals surface area contributed by atoms with Crippen LogP contribution in [0.15, 0.2) is 72.4 Å². The van der Waals surface area contributed by atoms with E-state index in [0.717, 1.165) is 11.1 Å². The molecule has 0 unspecified atom stereocenters. The number of hydrogen-bond acceptors (Lipinski definition) is 5. The summed E-state index contributed by atoms with van der Waals surface area (Å²) in [6, 6.07) is 18.6. The SMILES string of the molecule is CCOc1cc(/C=C2/NC(=S)N(c3ccc(OC)cc3)C2=O)ccc1OCc1ccc(F)cc1. The van der Waals surface area contributed by atoms with Gasteiger partial charge in [-0.05, 0) is 84.9 Å². The Labute approximate surface area is 202 Å². The van der Waals surface area contributed by atoms with E-state index in [9.17, 15) is 9.18 Å². The van der Waals surface area contributed by atoms with Crippen LogP contribution in [0.25, 0.3) is 6.08 Å². The summed E-state index contributed by atoms with van der Waals surface area (Å²) < 4.78 is 29.9. The van der Waals surface area contributed by atoms with Gasteiger partial charge in [0.25, 0.3) is 5.91 Å². The minimum Gasteiger partial charge on any atom is -0.497 e. The number of amides is 1. The number of hydrogen-bond donors (Lipinski definition) is 1. The number of methoxy groups -OCH3 is 1. The second-order valence-corrected chi connectivity index (χ2v) is 7.77. The smallest absolute Gasteiger partial charge is 0.281 e. The van der Waals surface area contributed by atoms with Crippen molar-refractivity contribution in [1.82, 2.24) is 5.32 Å². The van der Waals surface area contributed by atoms with E-state index in [1.165, 1.54) is 17.0 Å². The van der Waals surface area contributed by atoms with Crippen LogP contribution in [0.1, 0.15) is 18.1 Å². The van der Waals surface area contributed by atoms with Gasteiger partial charge in [0.1, 0.15) is 23.9 Å². The predicted molar refractivity (Wildman–Crippen MR) is 133 cm³/mol. The standard InChI is InChI=1S/C26H23FN2O4S/c1-3-32-24-15-18(6-13-23(24)33-16-17-4-7-19(27)8-5-17)14-22-25(30)29(26(34)28-22)20-9-11-21(31-2)12-10-20/h4-15H,3,16H2,1-2H3,(H,28,34)/b22-14+. The first-order valence-electron chi connectivity index (χ1n) is 10.6. The van der Waals surface area contributed by atoms with E-state index in [2.05, 4.69) is 5.32 Å². The summed E-state index contributed by atoms with van der Waals surface area (Å²) in [4.78, 5) is 14.5. The van der Waals surface area contributed by atoms with E-state index in [1.54, 1.807) is 61.7 Å². The summed E-state index contributed by atoms with van der Waals surface area (Å²) in [6.45, 7) is 2.59. The fourth-order valence-corrected chi connectivity index (χ4v) is 3.71. The average molecular weight is 479 g/mol. The van der Waals surface area contributed by atoms with Crippen LogP contribution in [-0.2, 0) is 11.4 Å². The Morgan fingerprint density at radius 3 is 2.41 bits per heavy atom. The molecular formula is C26H23FN2O4S. The predicted octanol–water partition coefficient (Wildman–Crippen LogP) is 5.07. The van der Waals surface area contributed by atoms with Crippen molar-refractivity contribution in [2.75, 3.05) is 18.6 Å². The third-order valence-electron chi connectivity index (χ3n) is 5.10. The molecule has 1 amide bonds. The third kappa shape index (κ3) is 5.18. The number of anilines is 1. The van der Waals surface area contributed by atoms with Gasteiger partial charge in [-0.15, -0.1) is 0 Å². The largest absolute Gasteiger partial charge is 0.497 e. The monoisotopic (exact) mass is 478 g/mol. The minimum atomic E-state index is -0.295. The van der Waals surface area contributed by atoms with E-state index >= 15 is 0 Å². The maximum atomic E-state index is 13.1. The fraction of sp³-hybridized carbons (Fsp3) is 0.154. The molecule has 1 saturated heterocycles. The van der Waals surface area contributed by atoms with Crippen LogP contribution in [-0.4, -0.2) is 24.7 Å². The lowest BCUT2D eigenvalue weighted by Crippen LogP contribution is -2.30. The van der Waals surface area contributed by atoms with Crippen LogP contribution in [0.3, 0.4) is 0 Å². The Kier molecular flexibility index (Phi) is 7.08. The molecule has 1 fully saturated rings. The number of nitrogens with zero attached hydrogens (tertiary/aromatic N) is 1. The lowest BCUT2D eigenvalue weighted by atomic mass is 10.1. The first-order chi connectivity index (χ1) is 16.5. The van der Waals surface area contributed by atoms with Crippen LogP contribution in [0.2, 0.25) is 0 Å². The molecule has 3 aromatic rings. The van der Waals surface area contributed by atoms with Crippen molar-refractivity contribution in [3.05, 3.63) is 89.4 Å². The fourth-order valence-electron chi connectivity index (χ4n) is 3.41. The number of carbonyl (C=O) groups excluding carboxylic acids is 1. The van der Waals surface area contributed by atoms with Crippen LogP contribution >= 0.6 is 12.2 Å². The highest BCUT2D eigenvalue weighted by Gasteiger charge is 2.32. The Balaban J connectivity index is 1.53. The highest BCUT2D eigenvalue weighted by atomic mass is 32.1. The number of rotatable bonds is 8. The molecule has 6 nitrogen and oxygen atoms in total. The van der Waals surface area contributed by atoms with Gasteiger partial charge in [0.15, 0.2) is 16.6 Å². The molecule has 0 bridgehead atoms. The van der Waals surface area contributed by atoms with E-state index < -0.39 is 0 Å². The molecule has 174 valence electrons. The third-order valence-corrected chi connectivity index (χ3v) is 5.38. The molecule has 34 heavy (non-hydrogen) atoms. The van der Waals surface area contributed by atoms with Crippen LogP contribution in [0, 0.1) is 5.82 Å². The van der Waals surface area contributed by atoms with E-state index in [1.807, 2.05) is 13.0 Å². The molecule has 3 aromatic carbocycles. The Morgan fingerprint density at radius 1 is 1.00 bits per heavy atom. The summed E-state index contributed by atoms with van der Waals surface area (Å²) in [5.74, 6) is 1.23. The molecule has 0 atom stereocenters. The van der Waals surface area contributed by atoms with Crippen molar-refractivity contribution in [3.8, 4) is 17.2 Å². The van der Waals surface area contributed by atoms with Crippen molar-refractivity contribution in [2.24, 2.45) is 0 Å². The van der Waals surface area contributed by atoms with E-state index in [0.29, 0.717) is 40.4 Å². The molecule has 0 spiro atoms. The van der Waals surface area contributed by atoms with Crippen molar-refractivity contribution in [2.45, 2.75) is 13.5 Å². The zero-order valence-corrected chi connectivity index (χ0v) is 19.5. The highest BCUT2D eigenvalue weighted by Crippen LogP contribution is 2.31. The Hall–Kier alpha value is -3.91. The van der Waals surface area contributed by atoms with Crippen LogP contribution in [0.4, 0.5) is 10.1 Å². The summed E-state index contributed by atoms with van der Waals surface area (Å²) in [5, 5.41) is 3.28. The molecule has 1 N–H and O–H groups in total. The Morgan fingerprint density at radius 2 is 1.74 bits per heavy atom. The van der Waals surface area contributed by atoms with Gasteiger partial charge in [-0.1, -0.05) is 18.2 Å². The van der Waals surface area contributed by atoms with Gasteiger partial charge in [0.05, 0.1) is 19.4 Å². The van der Waals surface area contributed by atoms with Gasteiger partial charge >= 0.3 is 0 Å². The van der Waals surface area contributed by atoms with Gasteiger partial charge in [-0.25, -0.2) is 4.39 Å². The lowest BCUT2D eigenvalue weighted by molar-refractivity contribution is -0.113. The van der Waals surface area contributed by atoms with Crippen molar-refractivity contribution in [3.63, 3.8) is 0 Å². The van der Waals surface area contributed by atoms with E-state index in [-0.39, 0.29) is 18.3 Å². The molecule has 1 aliphatic heterocycles.